The average molecular weight is 315 g/mol. The zero-order chi connectivity index (χ0) is 15.9. The van der Waals surface area contributed by atoms with Crippen LogP contribution in [0.4, 0.5) is 5.69 Å². The molecule has 1 N–H and O–H groups in total. The molecule has 1 amide bonds. The Morgan fingerprint density at radius 1 is 1.23 bits per heavy atom. The number of thioether (sulfide) groups is 1. The third-order valence-corrected chi connectivity index (χ3v) is 4.20. The van der Waals surface area contributed by atoms with E-state index in [1.807, 2.05) is 50.2 Å². The van der Waals surface area contributed by atoms with Crippen LogP contribution in [0.5, 0.6) is 5.75 Å². The number of benzene rings is 2. The van der Waals surface area contributed by atoms with Crippen molar-refractivity contribution in [1.82, 2.24) is 0 Å². The fourth-order valence-corrected chi connectivity index (χ4v) is 2.98. The highest BCUT2D eigenvalue weighted by Crippen LogP contribution is 2.25. The van der Waals surface area contributed by atoms with Crippen molar-refractivity contribution in [3.8, 4) is 5.75 Å². The monoisotopic (exact) mass is 315 g/mol. The maximum atomic E-state index is 12.2. The van der Waals surface area contributed by atoms with Crippen molar-refractivity contribution in [3.63, 3.8) is 0 Å². The van der Waals surface area contributed by atoms with Gasteiger partial charge in [-0.05, 0) is 57.2 Å². The molecule has 0 aliphatic rings. The molecule has 2 aromatic rings. The summed E-state index contributed by atoms with van der Waals surface area (Å²) in [4.78, 5) is 13.4. The molecular weight excluding hydrogens is 294 g/mol. The van der Waals surface area contributed by atoms with E-state index in [4.69, 9.17) is 4.74 Å². The van der Waals surface area contributed by atoms with E-state index < -0.39 is 0 Å². The Balaban J connectivity index is 1.93. The van der Waals surface area contributed by atoms with Crippen LogP contribution in [0.25, 0.3) is 0 Å². The summed E-state index contributed by atoms with van der Waals surface area (Å²) in [5.74, 6) is 0.804. The molecule has 22 heavy (non-hydrogen) atoms. The summed E-state index contributed by atoms with van der Waals surface area (Å²) >= 11 is 1.56. The molecule has 0 aliphatic heterocycles. The molecule has 0 aliphatic carbocycles. The molecule has 2 aromatic carbocycles. The Labute approximate surface area is 136 Å². The Kier molecular flexibility index (Phi) is 5.90. The number of hydrogen-bond donors (Lipinski definition) is 1. The van der Waals surface area contributed by atoms with Crippen molar-refractivity contribution in [2.45, 2.75) is 30.9 Å². The first-order valence-electron chi connectivity index (χ1n) is 7.35. The molecule has 0 saturated heterocycles. The van der Waals surface area contributed by atoms with Crippen molar-refractivity contribution < 1.29 is 9.53 Å². The van der Waals surface area contributed by atoms with E-state index in [1.54, 1.807) is 11.8 Å². The molecule has 1 atom stereocenters. The summed E-state index contributed by atoms with van der Waals surface area (Å²) in [6, 6.07) is 15.6. The molecular formula is C18H21NO2S. The zero-order valence-electron chi connectivity index (χ0n) is 13.1. The van der Waals surface area contributed by atoms with E-state index in [2.05, 4.69) is 24.4 Å². The highest BCUT2D eigenvalue weighted by molar-refractivity contribution is 8.00. The minimum atomic E-state index is -0.159. The van der Waals surface area contributed by atoms with Gasteiger partial charge in [-0.2, -0.15) is 0 Å². The molecule has 0 bridgehead atoms. The van der Waals surface area contributed by atoms with E-state index in [-0.39, 0.29) is 11.2 Å². The number of carbonyl (C=O) groups excluding carboxylic acids is 1. The molecule has 3 nitrogen and oxygen atoms in total. The first-order valence-corrected chi connectivity index (χ1v) is 8.23. The number of aryl methyl sites for hydroxylation is 1. The summed E-state index contributed by atoms with van der Waals surface area (Å²) in [6.07, 6.45) is 0. The molecule has 1 unspecified atom stereocenters. The molecule has 0 saturated carbocycles. The Morgan fingerprint density at radius 3 is 2.59 bits per heavy atom. The lowest BCUT2D eigenvalue weighted by molar-refractivity contribution is -0.115. The van der Waals surface area contributed by atoms with Gasteiger partial charge in [-0.1, -0.05) is 17.7 Å². The third-order valence-electron chi connectivity index (χ3n) is 3.10. The summed E-state index contributed by atoms with van der Waals surface area (Å²) in [5.41, 5.74) is 1.98. The van der Waals surface area contributed by atoms with Gasteiger partial charge in [0.15, 0.2) is 0 Å². The highest BCUT2D eigenvalue weighted by Gasteiger charge is 2.14. The smallest absolute Gasteiger partial charge is 0.237 e. The molecule has 0 aromatic heterocycles. The van der Waals surface area contributed by atoms with Gasteiger partial charge in [0.2, 0.25) is 5.91 Å². The SMILES string of the molecule is CCOc1ccc(NC(=O)C(C)Sc2cccc(C)c2)cc1. The fraction of sp³-hybridized carbons (Fsp3) is 0.278. The van der Waals surface area contributed by atoms with Gasteiger partial charge in [-0.3, -0.25) is 4.79 Å². The number of rotatable bonds is 6. The van der Waals surface area contributed by atoms with Crippen molar-refractivity contribution in [1.29, 1.82) is 0 Å². The maximum absolute atomic E-state index is 12.2. The van der Waals surface area contributed by atoms with Crippen LogP contribution in [0.1, 0.15) is 19.4 Å². The summed E-state index contributed by atoms with van der Waals surface area (Å²) in [5, 5.41) is 2.77. The molecule has 0 spiro atoms. The van der Waals surface area contributed by atoms with Gasteiger partial charge in [0.05, 0.1) is 11.9 Å². The van der Waals surface area contributed by atoms with E-state index in [0.717, 1.165) is 16.3 Å². The van der Waals surface area contributed by atoms with Gasteiger partial charge in [0.25, 0.3) is 0 Å². The first kappa shape index (κ1) is 16.4. The van der Waals surface area contributed by atoms with Crippen LogP contribution in [0.3, 0.4) is 0 Å². The Morgan fingerprint density at radius 2 is 1.95 bits per heavy atom. The molecule has 0 heterocycles. The van der Waals surface area contributed by atoms with Crippen LogP contribution in [0, 0.1) is 6.92 Å². The Hall–Kier alpha value is -1.94. The van der Waals surface area contributed by atoms with Crippen molar-refractivity contribution in [2.24, 2.45) is 0 Å². The third kappa shape index (κ3) is 4.81. The fourth-order valence-electron chi connectivity index (χ4n) is 1.99. The highest BCUT2D eigenvalue weighted by atomic mass is 32.2. The van der Waals surface area contributed by atoms with Gasteiger partial charge in [-0.15, -0.1) is 11.8 Å². The lowest BCUT2D eigenvalue weighted by atomic mass is 10.2. The van der Waals surface area contributed by atoms with E-state index >= 15 is 0 Å². The number of ether oxygens (including phenoxy) is 1. The van der Waals surface area contributed by atoms with Crippen LogP contribution < -0.4 is 10.1 Å². The standard InChI is InChI=1S/C18H21NO2S/c1-4-21-16-10-8-15(9-11-16)19-18(20)14(3)22-17-7-5-6-13(2)12-17/h5-12,14H,4H2,1-3H3,(H,19,20). The number of anilines is 1. The summed E-state index contributed by atoms with van der Waals surface area (Å²) in [7, 11) is 0. The van der Waals surface area contributed by atoms with Crippen molar-refractivity contribution in [3.05, 3.63) is 54.1 Å². The number of carbonyl (C=O) groups is 1. The average Bonchev–Trinajstić information content (AvgIpc) is 2.49. The minimum absolute atomic E-state index is 0.00401. The van der Waals surface area contributed by atoms with Gasteiger partial charge < -0.3 is 10.1 Å². The van der Waals surface area contributed by atoms with Gasteiger partial charge >= 0.3 is 0 Å². The van der Waals surface area contributed by atoms with Gasteiger partial charge in [0, 0.05) is 10.6 Å². The largest absolute Gasteiger partial charge is 0.494 e. The maximum Gasteiger partial charge on any atom is 0.237 e. The zero-order valence-corrected chi connectivity index (χ0v) is 13.9. The lowest BCUT2D eigenvalue weighted by Crippen LogP contribution is -2.22. The van der Waals surface area contributed by atoms with Crippen LogP contribution in [-0.2, 0) is 4.79 Å². The van der Waals surface area contributed by atoms with Crippen LogP contribution in [0.2, 0.25) is 0 Å². The van der Waals surface area contributed by atoms with Crippen LogP contribution in [0.15, 0.2) is 53.4 Å². The molecule has 2 rings (SSSR count). The van der Waals surface area contributed by atoms with Crippen molar-refractivity contribution >= 4 is 23.4 Å². The summed E-state index contributed by atoms with van der Waals surface area (Å²) in [6.45, 7) is 6.54. The van der Waals surface area contributed by atoms with Crippen LogP contribution >= 0.6 is 11.8 Å². The number of hydrogen-bond acceptors (Lipinski definition) is 3. The van der Waals surface area contributed by atoms with Crippen LogP contribution in [-0.4, -0.2) is 17.8 Å². The molecule has 4 heteroatoms. The number of nitrogens with one attached hydrogen (secondary N) is 1. The topological polar surface area (TPSA) is 38.3 Å². The van der Waals surface area contributed by atoms with E-state index in [1.165, 1.54) is 5.56 Å². The van der Waals surface area contributed by atoms with Crippen molar-refractivity contribution in [2.75, 3.05) is 11.9 Å². The second-order valence-corrected chi connectivity index (χ2v) is 6.44. The lowest BCUT2D eigenvalue weighted by Gasteiger charge is -2.13. The predicted molar refractivity (Wildman–Crippen MR) is 92.7 cm³/mol. The molecule has 0 fully saturated rings. The van der Waals surface area contributed by atoms with E-state index in [9.17, 15) is 4.79 Å². The quantitative estimate of drug-likeness (QED) is 0.797. The van der Waals surface area contributed by atoms with Gasteiger partial charge in [0.1, 0.15) is 5.75 Å². The minimum Gasteiger partial charge on any atom is -0.494 e. The second kappa shape index (κ2) is 7.90. The summed E-state index contributed by atoms with van der Waals surface area (Å²) < 4.78 is 5.39. The first-order chi connectivity index (χ1) is 10.6. The van der Waals surface area contributed by atoms with E-state index in [0.29, 0.717) is 6.61 Å². The Bertz CT molecular complexity index is 625. The number of amides is 1. The predicted octanol–water partition coefficient (Wildman–Crippen LogP) is 4.51. The molecule has 116 valence electrons. The molecule has 0 radical (unpaired) electrons. The van der Waals surface area contributed by atoms with Gasteiger partial charge in [-0.25, -0.2) is 0 Å². The second-order valence-electron chi connectivity index (χ2n) is 5.02. The normalized spacial score (nSPS) is 11.8.